The van der Waals surface area contributed by atoms with Gasteiger partial charge in [0.25, 0.3) is 0 Å². The smallest absolute Gasteiger partial charge is 0.160 e. The molecular weight excluding hydrogens is 751 g/mol. The molecule has 0 saturated carbocycles. The Labute approximate surface area is 364 Å². The van der Waals surface area contributed by atoms with Gasteiger partial charge >= 0.3 is 0 Å². The van der Waals surface area contributed by atoms with Gasteiger partial charge in [-0.15, -0.1) is 0 Å². The fourth-order valence-corrected chi connectivity index (χ4v) is 8.32. The number of hydrogen-bond donors (Lipinski definition) is 0. The Balaban J connectivity index is 0.819. The first-order valence-corrected chi connectivity index (χ1v) is 21.3. The van der Waals surface area contributed by atoms with Crippen LogP contribution >= 0.6 is 0 Å². The van der Waals surface area contributed by atoms with Crippen molar-refractivity contribution in [1.29, 1.82) is 0 Å². The van der Waals surface area contributed by atoms with Gasteiger partial charge in [-0.25, -0.2) is 15.0 Å². The Morgan fingerprint density at radius 2 is 0.774 bits per heavy atom. The lowest BCUT2D eigenvalue weighted by Gasteiger charge is -2.29. The number of allylic oxidation sites excluding steroid dienone is 4. The van der Waals surface area contributed by atoms with Gasteiger partial charge in [-0.2, -0.15) is 0 Å². The fourth-order valence-electron chi connectivity index (χ4n) is 8.32. The van der Waals surface area contributed by atoms with Crippen LogP contribution in [0.2, 0.25) is 0 Å². The molecule has 3 nitrogen and oxygen atoms in total. The summed E-state index contributed by atoms with van der Waals surface area (Å²) < 4.78 is 0. The van der Waals surface area contributed by atoms with E-state index in [1.807, 2.05) is 18.2 Å². The van der Waals surface area contributed by atoms with Crippen LogP contribution in [0.1, 0.15) is 35.9 Å². The third-order valence-corrected chi connectivity index (χ3v) is 12.0. The number of hydrogen-bond acceptors (Lipinski definition) is 3. The number of benzene rings is 7. The molecule has 0 amide bonds. The monoisotopic (exact) mass is 795 g/mol. The minimum Gasteiger partial charge on any atom is -0.248 e. The van der Waals surface area contributed by atoms with Crippen molar-refractivity contribution in [2.75, 3.05) is 0 Å². The Morgan fingerprint density at radius 3 is 1.24 bits per heavy atom. The van der Waals surface area contributed by atoms with Gasteiger partial charge in [0.15, 0.2) is 5.82 Å². The molecule has 0 fully saturated rings. The van der Waals surface area contributed by atoms with Gasteiger partial charge in [-0.3, -0.25) is 0 Å². The predicted molar refractivity (Wildman–Crippen MR) is 257 cm³/mol. The van der Waals surface area contributed by atoms with Crippen molar-refractivity contribution in [2.24, 2.45) is 0 Å². The van der Waals surface area contributed by atoms with E-state index in [1.165, 1.54) is 33.4 Å². The van der Waals surface area contributed by atoms with Crippen LogP contribution in [0.15, 0.2) is 231 Å². The number of pyridine rings is 1. The molecule has 1 atom stereocenters. The maximum absolute atomic E-state index is 5.12. The van der Waals surface area contributed by atoms with Crippen LogP contribution in [-0.4, -0.2) is 15.0 Å². The highest BCUT2D eigenvalue weighted by atomic mass is 14.9. The molecule has 0 spiro atoms. The summed E-state index contributed by atoms with van der Waals surface area (Å²) in [6.45, 7) is 2.31. The minimum atomic E-state index is -0.122. The zero-order valence-corrected chi connectivity index (χ0v) is 34.7. The van der Waals surface area contributed by atoms with Crippen LogP contribution in [0.25, 0.3) is 72.9 Å². The molecule has 9 aromatic rings. The van der Waals surface area contributed by atoms with Gasteiger partial charge in [0.1, 0.15) is 0 Å². The first kappa shape index (κ1) is 38.5. The highest BCUT2D eigenvalue weighted by Gasteiger charge is 2.26. The Kier molecular flexibility index (Phi) is 10.6. The summed E-state index contributed by atoms with van der Waals surface area (Å²) in [4.78, 5) is 15.2. The Bertz CT molecular complexity index is 2900. The number of aromatic nitrogens is 3. The summed E-state index contributed by atoms with van der Waals surface area (Å²) in [6, 6.07) is 75.0. The molecule has 0 bridgehead atoms. The molecule has 0 radical (unpaired) electrons. The van der Waals surface area contributed by atoms with Crippen molar-refractivity contribution in [3.63, 3.8) is 0 Å². The van der Waals surface area contributed by atoms with Crippen molar-refractivity contribution in [3.8, 4) is 67.3 Å². The molecule has 0 N–H and O–H groups in total. The van der Waals surface area contributed by atoms with Gasteiger partial charge in [-0.1, -0.05) is 219 Å². The molecule has 1 aliphatic rings. The van der Waals surface area contributed by atoms with Crippen molar-refractivity contribution >= 4 is 5.57 Å². The first-order chi connectivity index (χ1) is 30.5. The molecule has 1 aliphatic carbocycles. The van der Waals surface area contributed by atoms with Gasteiger partial charge in [0.05, 0.1) is 22.8 Å². The topological polar surface area (TPSA) is 38.7 Å². The fraction of sp³-hybridized carbons (Fsp3) is 0.0678. The molecule has 2 heterocycles. The van der Waals surface area contributed by atoms with E-state index < -0.39 is 0 Å². The predicted octanol–water partition coefficient (Wildman–Crippen LogP) is 14.8. The van der Waals surface area contributed by atoms with E-state index in [1.54, 1.807) is 0 Å². The standard InChI is InChI=1S/C59H45N3/c1-59(36-34-51(35-37-59)58-61-56(48-18-10-4-11-19-48)41-57(62-58)49-20-12-5-13-21-49)53-32-24-43(25-33-53)38-42-22-26-45(27-23-42)46-28-30-50(31-29-46)55-40-52(44-14-6-2-7-15-44)39-54(60-55)47-16-8-3-9-17-47/h2-36,39-41H,37-38H2,1H3. The molecule has 3 heteroatoms. The van der Waals surface area contributed by atoms with Crippen LogP contribution in [0, 0.1) is 0 Å². The molecular formula is C59H45N3. The molecule has 2 aromatic heterocycles. The summed E-state index contributed by atoms with van der Waals surface area (Å²) in [6.07, 6.45) is 8.56. The average molecular weight is 796 g/mol. The molecule has 1 unspecified atom stereocenters. The lowest BCUT2D eigenvalue weighted by Crippen LogP contribution is -2.20. The minimum absolute atomic E-state index is 0.122. The second kappa shape index (κ2) is 17.1. The third-order valence-electron chi connectivity index (χ3n) is 12.0. The Hall–Kier alpha value is -7.75. The lowest BCUT2D eigenvalue weighted by atomic mass is 9.76. The van der Waals surface area contributed by atoms with Crippen molar-refractivity contribution < 1.29 is 0 Å². The largest absolute Gasteiger partial charge is 0.248 e. The molecule has 296 valence electrons. The number of rotatable bonds is 10. The van der Waals surface area contributed by atoms with E-state index in [0.29, 0.717) is 0 Å². The summed E-state index contributed by atoms with van der Waals surface area (Å²) in [5, 5.41) is 0. The maximum Gasteiger partial charge on any atom is 0.160 e. The number of nitrogens with zero attached hydrogens (tertiary/aromatic N) is 3. The summed E-state index contributed by atoms with van der Waals surface area (Å²) in [5.74, 6) is 0.752. The van der Waals surface area contributed by atoms with Gasteiger partial charge in [-0.05, 0) is 70.0 Å². The lowest BCUT2D eigenvalue weighted by molar-refractivity contribution is 0.601. The van der Waals surface area contributed by atoms with Crippen molar-refractivity contribution in [3.05, 3.63) is 253 Å². The van der Waals surface area contributed by atoms with E-state index in [2.05, 4.69) is 219 Å². The van der Waals surface area contributed by atoms with Gasteiger partial charge in [0, 0.05) is 33.2 Å². The van der Waals surface area contributed by atoms with Crippen molar-refractivity contribution in [2.45, 2.75) is 25.2 Å². The van der Waals surface area contributed by atoms with Crippen LogP contribution in [-0.2, 0) is 11.8 Å². The zero-order valence-electron chi connectivity index (χ0n) is 34.7. The molecule has 0 saturated heterocycles. The second-order valence-electron chi connectivity index (χ2n) is 16.3. The van der Waals surface area contributed by atoms with Gasteiger partial charge in [0.2, 0.25) is 0 Å². The van der Waals surface area contributed by atoms with E-state index in [9.17, 15) is 0 Å². The van der Waals surface area contributed by atoms with Crippen LogP contribution < -0.4 is 0 Å². The van der Waals surface area contributed by atoms with E-state index in [-0.39, 0.29) is 5.41 Å². The highest BCUT2D eigenvalue weighted by molar-refractivity contribution is 5.79. The first-order valence-electron chi connectivity index (χ1n) is 21.3. The normalized spacial score (nSPS) is 14.6. The maximum atomic E-state index is 5.12. The molecule has 0 aliphatic heterocycles. The van der Waals surface area contributed by atoms with Crippen LogP contribution in [0.4, 0.5) is 0 Å². The molecule has 7 aromatic carbocycles. The van der Waals surface area contributed by atoms with Gasteiger partial charge < -0.3 is 0 Å². The average Bonchev–Trinajstić information content (AvgIpc) is 3.35. The highest BCUT2D eigenvalue weighted by Crippen LogP contribution is 2.37. The van der Waals surface area contributed by atoms with Crippen molar-refractivity contribution in [1.82, 2.24) is 15.0 Å². The summed E-state index contributed by atoms with van der Waals surface area (Å²) >= 11 is 0. The summed E-state index contributed by atoms with van der Waals surface area (Å²) in [7, 11) is 0. The summed E-state index contributed by atoms with van der Waals surface area (Å²) in [5.41, 5.74) is 17.7. The Morgan fingerprint density at radius 1 is 0.387 bits per heavy atom. The van der Waals surface area contributed by atoms with Crippen LogP contribution in [0.5, 0.6) is 0 Å². The zero-order chi connectivity index (χ0) is 41.7. The third kappa shape index (κ3) is 8.34. The second-order valence-corrected chi connectivity index (χ2v) is 16.3. The molecule has 10 rings (SSSR count). The van der Waals surface area contributed by atoms with E-state index >= 15 is 0 Å². The van der Waals surface area contributed by atoms with E-state index in [0.717, 1.165) is 74.8 Å². The van der Waals surface area contributed by atoms with E-state index in [4.69, 9.17) is 15.0 Å². The SMILES string of the molecule is CC1(c2ccc(Cc3ccc(-c4ccc(-c5cc(-c6ccccc6)cc(-c6ccccc6)n5)cc4)cc3)cc2)C=CC(c2nc(-c3ccccc3)cc(-c3ccccc3)n2)=CC1. The van der Waals surface area contributed by atoms with Crippen LogP contribution in [0.3, 0.4) is 0 Å². The quantitative estimate of drug-likeness (QED) is 0.138. The molecule has 62 heavy (non-hydrogen) atoms.